The zero-order valence-corrected chi connectivity index (χ0v) is 16.6. The number of nitrogens with zero attached hydrogens (tertiary/aromatic N) is 2. The molecule has 0 aliphatic carbocycles. The van der Waals surface area contributed by atoms with Crippen LogP contribution >= 0.6 is 35.0 Å². The van der Waals surface area contributed by atoms with Crippen molar-refractivity contribution in [2.45, 2.75) is 23.4 Å². The van der Waals surface area contributed by atoms with Gasteiger partial charge in [0, 0.05) is 39.3 Å². The van der Waals surface area contributed by atoms with Gasteiger partial charge < -0.3 is 15.1 Å². The average molecular weight is 420 g/mol. The normalized spacial score (nSPS) is 12.6. The number of H-pyrrole nitrogens is 1. The lowest BCUT2D eigenvalue weighted by Gasteiger charge is -2.04. The van der Waals surface area contributed by atoms with Crippen LogP contribution in [0.4, 0.5) is 0 Å². The Morgan fingerprint density at radius 2 is 1.85 bits per heavy atom. The molecule has 0 saturated carbocycles. The van der Waals surface area contributed by atoms with Gasteiger partial charge in [0.05, 0.1) is 0 Å². The van der Waals surface area contributed by atoms with Crippen molar-refractivity contribution in [3.63, 3.8) is 0 Å². The smallest absolute Gasteiger partial charge is 0.277 e. The quantitative estimate of drug-likeness (QED) is 0.444. The third kappa shape index (κ3) is 3.99. The van der Waals surface area contributed by atoms with Gasteiger partial charge in [0.15, 0.2) is 6.04 Å². The molecule has 4 N–H and O–H groups in total. The summed E-state index contributed by atoms with van der Waals surface area (Å²) in [6, 6.07) is 13.5. The van der Waals surface area contributed by atoms with E-state index in [1.54, 1.807) is 0 Å². The molecule has 0 spiro atoms. The molecule has 138 valence electrons. The molecule has 2 heterocycles. The van der Waals surface area contributed by atoms with Gasteiger partial charge in [-0.1, -0.05) is 59.2 Å². The molecule has 0 saturated heterocycles. The second-order valence-corrected chi connectivity index (χ2v) is 7.90. The molecule has 0 fully saturated rings. The Bertz CT molecular complexity index is 1060. The monoisotopic (exact) mass is 419 g/mol. The van der Waals surface area contributed by atoms with Crippen molar-refractivity contribution in [3.05, 3.63) is 75.7 Å². The second kappa shape index (κ2) is 7.94. The molecule has 2 aromatic carbocycles. The number of halogens is 2. The van der Waals surface area contributed by atoms with Crippen molar-refractivity contribution >= 4 is 45.9 Å². The molecule has 8 heteroatoms. The fourth-order valence-corrected chi connectivity index (χ4v) is 4.41. The Morgan fingerprint density at radius 3 is 2.67 bits per heavy atom. The van der Waals surface area contributed by atoms with Crippen LogP contribution in [0, 0.1) is 0 Å². The highest BCUT2D eigenvalue weighted by molar-refractivity contribution is 7.98. The van der Waals surface area contributed by atoms with Gasteiger partial charge in [-0.25, -0.2) is 0 Å². The van der Waals surface area contributed by atoms with Crippen LogP contribution < -0.4 is 5.73 Å². The minimum atomic E-state index is -0.130. The van der Waals surface area contributed by atoms with E-state index in [1.165, 1.54) is 22.7 Å². The Hall–Kier alpha value is -1.99. The van der Waals surface area contributed by atoms with E-state index in [1.807, 2.05) is 36.5 Å². The maximum Gasteiger partial charge on any atom is 0.277 e. The summed E-state index contributed by atoms with van der Waals surface area (Å²) in [7, 11) is 0. The molecule has 2 aromatic heterocycles. The van der Waals surface area contributed by atoms with Crippen LogP contribution in [0.15, 0.2) is 58.3 Å². The Balaban J connectivity index is 1.44. The first-order chi connectivity index (χ1) is 13.1. The zero-order valence-electron chi connectivity index (χ0n) is 14.3. The minimum Gasteiger partial charge on any atom is -0.410 e. The average Bonchev–Trinajstić information content (AvgIpc) is 3.29. The van der Waals surface area contributed by atoms with Crippen molar-refractivity contribution in [2.24, 2.45) is 0 Å². The number of hydrogen-bond donors (Lipinski definition) is 2. The third-order valence-electron chi connectivity index (χ3n) is 4.31. The van der Waals surface area contributed by atoms with Crippen molar-refractivity contribution in [2.75, 3.05) is 0 Å². The fourth-order valence-electron chi connectivity index (χ4n) is 2.90. The van der Waals surface area contributed by atoms with Crippen molar-refractivity contribution < 1.29 is 10.2 Å². The SMILES string of the molecule is [NH3+][C@@H](Cc1c[nH]c2ccccc12)c1nnc(SCc2c(Cl)cccc2Cl)o1. The highest BCUT2D eigenvalue weighted by Gasteiger charge is 2.20. The van der Waals surface area contributed by atoms with E-state index in [9.17, 15) is 0 Å². The standard InChI is InChI=1S/C19H16Cl2N4OS/c20-14-5-3-6-15(21)13(14)10-27-19-25-24-18(26-19)16(22)8-11-9-23-17-7-2-1-4-12(11)17/h1-7,9,16,23H,8,10,22H2/p+1/t16-/m0/s1. The molecule has 1 atom stereocenters. The van der Waals surface area contributed by atoms with E-state index in [4.69, 9.17) is 27.6 Å². The summed E-state index contributed by atoms with van der Waals surface area (Å²) in [5, 5.41) is 11.2. The van der Waals surface area contributed by atoms with Gasteiger partial charge >= 0.3 is 0 Å². The summed E-state index contributed by atoms with van der Waals surface area (Å²) >= 11 is 13.8. The summed E-state index contributed by atoms with van der Waals surface area (Å²) in [6.07, 6.45) is 2.72. The summed E-state index contributed by atoms with van der Waals surface area (Å²) in [4.78, 5) is 3.28. The van der Waals surface area contributed by atoms with E-state index in [0.29, 0.717) is 33.3 Å². The van der Waals surface area contributed by atoms with Crippen LogP contribution in [0.5, 0.6) is 0 Å². The molecule has 0 unspecified atom stereocenters. The maximum absolute atomic E-state index is 6.20. The number of rotatable bonds is 6. The van der Waals surface area contributed by atoms with Gasteiger partial charge in [-0.2, -0.15) is 0 Å². The molecular formula is C19H17Cl2N4OS+. The van der Waals surface area contributed by atoms with Crippen LogP contribution in [0.25, 0.3) is 10.9 Å². The molecule has 4 aromatic rings. The Morgan fingerprint density at radius 1 is 1.07 bits per heavy atom. The number of aromatic amines is 1. The number of aromatic nitrogens is 3. The predicted octanol–water partition coefficient (Wildman–Crippen LogP) is 4.68. The lowest BCUT2D eigenvalue weighted by molar-refractivity contribution is -0.431. The van der Waals surface area contributed by atoms with E-state index >= 15 is 0 Å². The third-order valence-corrected chi connectivity index (χ3v) is 5.87. The van der Waals surface area contributed by atoms with Gasteiger partial charge in [-0.15, -0.1) is 10.2 Å². The van der Waals surface area contributed by atoms with Crippen LogP contribution in [0.2, 0.25) is 10.0 Å². The van der Waals surface area contributed by atoms with E-state index in [2.05, 4.69) is 33.0 Å². The summed E-state index contributed by atoms with van der Waals surface area (Å²) in [5.74, 6) is 1.08. The molecule has 0 amide bonds. The van der Waals surface area contributed by atoms with E-state index in [0.717, 1.165) is 11.1 Å². The molecule has 0 bridgehead atoms. The van der Waals surface area contributed by atoms with Crippen molar-refractivity contribution in [1.29, 1.82) is 0 Å². The molecule has 0 radical (unpaired) electrons. The topological polar surface area (TPSA) is 82.4 Å². The first-order valence-electron chi connectivity index (χ1n) is 8.39. The Labute approximate surface area is 170 Å². The van der Waals surface area contributed by atoms with Gasteiger partial charge in [0.25, 0.3) is 11.1 Å². The van der Waals surface area contributed by atoms with Gasteiger partial charge in [-0.3, -0.25) is 0 Å². The lowest BCUT2D eigenvalue weighted by atomic mass is 10.1. The van der Waals surface area contributed by atoms with Gasteiger partial charge in [0.2, 0.25) is 0 Å². The number of thioether (sulfide) groups is 1. The Kier molecular flexibility index (Phi) is 5.41. The highest BCUT2D eigenvalue weighted by Crippen LogP contribution is 2.31. The molecule has 27 heavy (non-hydrogen) atoms. The van der Waals surface area contributed by atoms with Crippen LogP contribution in [-0.4, -0.2) is 15.2 Å². The lowest BCUT2D eigenvalue weighted by Crippen LogP contribution is -2.54. The van der Waals surface area contributed by atoms with Crippen molar-refractivity contribution in [3.8, 4) is 0 Å². The summed E-state index contributed by atoms with van der Waals surface area (Å²) < 4.78 is 5.79. The molecule has 0 aliphatic rings. The fraction of sp³-hybridized carbons (Fsp3) is 0.158. The number of nitrogens with one attached hydrogen (secondary N) is 1. The molecule has 5 nitrogen and oxygen atoms in total. The number of hydrogen-bond acceptors (Lipinski definition) is 4. The minimum absolute atomic E-state index is 0.130. The summed E-state index contributed by atoms with van der Waals surface area (Å²) in [5.41, 5.74) is 7.34. The van der Waals surface area contributed by atoms with Crippen LogP contribution in [0.1, 0.15) is 23.1 Å². The predicted molar refractivity (Wildman–Crippen MR) is 108 cm³/mol. The van der Waals surface area contributed by atoms with Crippen molar-refractivity contribution in [1.82, 2.24) is 15.2 Å². The number of fused-ring (bicyclic) bond motifs is 1. The molecular weight excluding hydrogens is 403 g/mol. The largest absolute Gasteiger partial charge is 0.410 e. The first-order valence-corrected chi connectivity index (χ1v) is 10.1. The van der Waals surface area contributed by atoms with E-state index in [-0.39, 0.29) is 6.04 Å². The number of quaternary nitrogens is 1. The first kappa shape index (κ1) is 18.4. The number of benzene rings is 2. The van der Waals surface area contributed by atoms with Crippen LogP contribution in [-0.2, 0) is 12.2 Å². The zero-order chi connectivity index (χ0) is 18.8. The highest BCUT2D eigenvalue weighted by atomic mass is 35.5. The van der Waals surface area contributed by atoms with Gasteiger partial charge in [0.1, 0.15) is 0 Å². The maximum atomic E-state index is 6.20. The molecule has 0 aliphatic heterocycles. The van der Waals surface area contributed by atoms with E-state index < -0.39 is 0 Å². The molecule has 4 rings (SSSR count). The van der Waals surface area contributed by atoms with Gasteiger partial charge in [-0.05, 0) is 29.3 Å². The second-order valence-electron chi connectivity index (χ2n) is 6.16. The van der Waals surface area contributed by atoms with Crippen LogP contribution in [0.3, 0.4) is 0 Å². The number of para-hydroxylation sites is 1. The summed E-state index contributed by atoms with van der Waals surface area (Å²) in [6.45, 7) is 0.